The number of hydrogen-bond donors (Lipinski definition) is 4. The van der Waals surface area contributed by atoms with Gasteiger partial charge in [-0.1, -0.05) is 0 Å². The molecule has 0 aromatic heterocycles. The van der Waals surface area contributed by atoms with Crippen LogP contribution in [0.3, 0.4) is 0 Å². The van der Waals surface area contributed by atoms with Crippen LogP contribution >= 0.6 is 22.6 Å². The average molecular weight is 409 g/mol. The first kappa shape index (κ1) is 17.1. The third kappa shape index (κ3) is 5.94. The van der Waals surface area contributed by atoms with E-state index < -0.39 is 29.8 Å². The first-order valence-electron chi connectivity index (χ1n) is 5.83. The molecule has 0 saturated carbocycles. The second-order valence-electron chi connectivity index (χ2n) is 4.12. The number of carboxylic acids is 1. The number of anilines is 1. The molecule has 1 aromatic carbocycles. The molecule has 0 spiro atoms. The summed E-state index contributed by atoms with van der Waals surface area (Å²) < 4.78 is 13.4. The summed E-state index contributed by atoms with van der Waals surface area (Å²) in [5, 5.41) is 13.6. The predicted molar refractivity (Wildman–Crippen MR) is 81.1 cm³/mol. The molecular formula is C12H13FIN3O4. The van der Waals surface area contributed by atoms with Gasteiger partial charge in [0.15, 0.2) is 0 Å². The lowest BCUT2D eigenvalue weighted by molar-refractivity contribution is -0.139. The van der Waals surface area contributed by atoms with Gasteiger partial charge in [0.1, 0.15) is 11.9 Å². The van der Waals surface area contributed by atoms with Gasteiger partial charge in [-0.15, -0.1) is 0 Å². The van der Waals surface area contributed by atoms with Gasteiger partial charge in [0, 0.05) is 9.99 Å². The fraction of sp³-hybridized carbons (Fsp3) is 0.250. The number of nitrogens with one attached hydrogen (secondary N) is 2. The maximum atomic E-state index is 12.9. The molecule has 0 heterocycles. The molecule has 0 aliphatic heterocycles. The third-order valence-electron chi connectivity index (χ3n) is 2.46. The van der Waals surface area contributed by atoms with Gasteiger partial charge in [-0.2, -0.15) is 0 Å². The van der Waals surface area contributed by atoms with Gasteiger partial charge >= 0.3 is 12.0 Å². The summed E-state index contributed by atoms with van der Waals surface area (Å²) in [7, 11) is 0. The molecule has 1 atom stereocenters. The minimum atomic E-state index is -1.28. The van der Waals surface area contributed by atoms with E-state index in [-0.39, 0.29) is 12.8 Å². The highest BCUT2D eigenvalue weighted by molar-refractivity contribution is 14.1. The van der Waals surface area contributed by atoms with E-state index >= 15 is 0 Å². The van der Waals surface area contributed by atoms with Gasteiger partial charge in [0.05, 0.1) is 5.69 Å². The Morgan fingerprint density at radius 3 is 2.57 bits per heavy atom. The first-order chi connectivity index (χ1) is 9.79. The van der Waals surface area contributed by atoms with Crippen LogP contribution in [0.1, 0.15) is 12.8 Å². The van der Waals surface area contributed by atoms with Crippen molar-refractivity contribution in [2.75, 3.05) is 5.32 Å². The van der Waals surface area contributed by atoms with Crippen LogP contribution in [0.4, 0.5) is 14.9 Å². The third-order valence-corrected chi connectivity index (χ3v) is 3.35. The molecule has 5 N–H and O–H groups in total. The number of urea groups is 1. The van der Waals surface area contributed by atoms with E-state index in [9.17, 15) is 18.8 Å². The second-order valence-corrected chi connectivity index (χ2v) is 5.28. The SMILES string of the molecule is NC(=O)CC[C@H](NC(=O)Nc1ccc(F)cc1I)C(=O)O. The zero-order chi connectivity index (χ0) is 16.0. The Kier molecular flexibility index (Phi) is 6.34. The number of carboxylic acid groups (broad SMARTS) is 1. The summed E-state index contributed by atoms with van der Waals surface area (Å²) in [6.07, 6.45) is -0.274. The van der Waals surface area contributed by atoms with Gasteiger partial charge in [-0.05, 0) is 47.2 Å². The quantitative estimate of drug-likeness (QED) is 0.529. The summed E-state index contributed by atoms with van der Waals surface area (Å²) in [4.78, 5) is 33.3. The number of rotatable bonds is 6. The van der Waals surface area contributed by atoms with Crippen LogP contribution in [0, 0.1) is 9.39 Å². The van der Waals surface area contributed by atoms with Crippen molar-refractivity contribution in [2.24, 2.45) is 5.73 Å². The van der Waals surface area contributed by atoms with E-state index in [1.54, 1.807) is 0 Å². The molecule has 3 amide bonds. The lowest BCUT2D eigenvalue weighted by atomic mass is 10.1. The number of carbonyl (C=O) groups excluding carboxylic acids is 2. The molecule has 0 saturated heterocycles. The van der Waals surface area contributed by atoms with Crippen LogP contribution in [0.15, 0.2) is 18.2 Å². The van der Waals surface area contributed by atoms with Crippen molar-refractivity contribution in [3.63, 3.8) is 0 Å². The first-order valence-corrected chi connectivity index (χ1v) is 6.91. The lowest BCUT2D eigenvalue weighted by Crippen LogP contribution is -2.43. The second kappa shape index (κ2) is 7.76. The summed E-state index contributed by atoms with van der Waals surface area (Å²) in [6.45, 7) is 0. The number of amides is 3. The van der Waals surface area contributed by atoms with Crippen molar-refractivity contribution >= 4 is 46.2 Å². The highest BCUT2D eigenvalue weighted by atomic mass is 127. The Labute approximate surface area is 133 Å². The Balaban J connectivity index is 2.65. The summed E-state index contributed by atoms with van der Waals surface area (Å²) in [5.74, 6) is -2.38. The van der Waals surface area contributed by atoms with Crippen LogP contribution in [0.5, 0.6) is 0 Å². The van der Waals surface area contributed by atoms with Crippen molar-refractivity contribution in [3.8, 4) is 0 Å². The Bertz CT molecular complexity index is 567. The van der Waals surface area contributed by atoms with Crippen LogP contribution in [0.2, 0.25) is 0 Å². The smallest absolute Gasteiger partial charge is 0.326 e. The van der Waals surface area contributed by atoms with Gasteiger partial charge in [0.25, 0.3) is 0 Å². The minimum Gasteiger partial charge on any atom is -0.480 e. The number of hydrogen-bond acceptors (Lipinski definition) is 3. The number of primary amides is 1. The van der Waals surface area contributed by atoms with Crippen molar-refractivity contribution in [3.05, 3.63) is 27.6 Å². The molecule has 0 unspecified atom stereocenters. The molecule has 114 valence electrons. The number of benzene rings is 1. The van der Waals surface area contributed by atoms with Gasteiger partial charge in [0.2, 0.25) is 5.91 Å². The maximum Gasteiger partial charge on any atom is 0.326 e. The molecule has 1 rings (SSSR count). The predicted octanol–water partition coefficient (Wildman–Crippen LogP) is 1.27. The summed E-state index contributed by atoms with van der Waals surface area (Å²) in [6, 6.07) is 1.74. The van der Waals surface area contributed by atoms with Crippen molar-refractivity contribution in [2.45, 2.75) is 18.9 Å². The zero-order valence-electron chi connectivity index (χ0n) is 10.7. The molecule has 0 radical (unpaired) electrons. The number of halogens is 2. The molecule has 0 aliphatic rings. The number of nitrogens with two attached hydrogens (primary N) is 1. The molecule has 0 bridgehead atoms. The standard InChI is InChI=1S/C12H13FIN3O4/c13-6-1-2-8(7(14)5-6)16-12(21)17-9(11(19)20)3-4-10(15)18/h1-2,5,9H,3-4H2,(H2,15,18)(H,19,20)(H2,16,17,21)/t9-/m0/s1. The highest BCUT2D eigenvalue weighted by Crippen LogP contribution is 2.18. The fourth-order valence-corrected chi connectivity index (χ4v) is 2.06. The van der Waals surface area contributed by atoms with E-state index in [1.165, 1.54) is 18.2 Å². The van der Waals surface area contributed by atoms with Crippen molar-refractivity contribution in [1.82, 2.24) is 5.32 Å². The Morgan fingerprint density at radius 1 is 1.38 bits per heavy atom. The van der Waals surface area contributed by atoms with E-state index in [2.05, 4.69) is 10.6 Å². The van der Waals surface area contributed by atoms with E-state index in [0.717, 1.165) is 0 Å². The van der Waals surface area contributed by atoms with Crippen LogP contribution in [-0.4, -0.2) is 29.1 Å². The zero-order valence-corrected chi connectivity index (χ0v) is 12.9. The molecular weight excluding hydrogens is 396 g/mol. The molecule has 0 aliphatic carbocycles. The number of aliphatic carboxylic acids is 1. The normalized spacial score (nSPS) is 11.5. The molecule has 1 aromatic rings. The van der Waals surface area contributed by atoms with Crippen LogP contribution in [-0.2, 0) is 9.59 Å². The maximum absolute atomic E-state index is 12.9. The largest absolute Gasteiger partial charge is 0.480 e. The van der Waals surface area contributed by atoms with Gasteiger partial charge < -0.3 is 21.5 Å². The summed E-state index contributed by atoms with van der Waals surface area (Å²) in [5.41, 5.74) is 5.27. The Morgan fingerprint density at radius 2 is 2.05 bits per heavy atom. The van der Waals surface area contributed by atoms with Crippen LogP contribution < -0.4 is 16.4 Å². The van der Waals surface area contributed by atoms with Gasteiger partial charge in [-0.3, -0.25) is 4.79 Å². The highest BCUT2D eigenvalue weighted by Gasteiger charge is 2.20. The summed E-state index contributed by atoms with van der Waals surface area (Å²) >= 11 is 1.83. The van der Waals surface area contributed by atoms with E-state index in [0.29, 0.717) is 9.26 Å². The topological polar surface area (TPSA) is 122 Å². The molecule has 7 nitrogen and oxygen atoms in total. The molecule has 9 heteroatoms. The van der Waals surface area contributed by atoms with E-state index in [1.807, 2.05) is 22.6 Å². The number of carbonyl (C=O) groups is 3. The molecule has 0 fully saturated rings. The van der Waals surface area contributed by atoms with Gasteiger partial charge in [-0.25, -0.2) is 14.0 Å². The fourth-order valence-electron chi connectivity index (χ4n) is 1.45. The van der Waals surface area contributed by atoms with Crippen molar-refractivity contribution < 1.29 is 23.9 Å². The average Bonchev–Trinajstić information content (AvgIpc) is 2.37. The minimum absolute atomic E-state index is 0.113. The van der Waals surface area contributed by atoms with E-state index in [4.69, 9.17) is 10.8 Å². The monoisotopic (exact) mass is 409 g/mol. The molecule has 21 heavy (non-hydrogen) atoms. The van der Waals surface area contributed by atoms with Crippen LogP contribution in [0.25, 0.3) is 0 Å². The lowest BCUT2D eigenvalue weighted by Gasteiger charge is -2.15. The Hall–Kier alpha value is -1.91. The van der Waals surface area contributed by atoms with Crippen molar-refractivity contribution in [1.29, 1.82) is 0 Å².